The Kier molecular flexibility index (Phi) is 5.27. The van der Waals surface area contributed by atoms with E-state index in [0.29, 0.717) is 12.2 Å². The first kappa shape index (κ1) is 14.7. The summed E-state index contributed by atoms with van der Waals surface area (Å²) in [6.07, 6.45) is 0.438. The molecule has 1 atom stereocenters. The Bertz CT molecular complexity index is 537. The second-order valence-corrected chi connectivity index (χ2v) is 4.80. The highest BCUT2D eigenvalue weighted by molar-refractivity contribution is 5.27. The van der Waals surface area contributed by atoms with E-state index in [-0.39, 0.29) is 12.2 Å². The van der Waals surface area contributed by atoms with E-state index in [1.807, 2.05) is 24.3 Å². The van der Waals surface area contributed by atoms with Crippen molar-refractivity contribution in [3.05, 3.63) is 71.0 Å². The first-order chi connectivity index (χ1) is 9.70. The molecule has 0 aliphatic rings. The van der Waals surface area contributed by atoms with Crippen molar-refractivity contribution in [2.45, 2.75) is 18.9 Å². The smallest absolute Gasteiger partial charge is 0.126 e. The van der Waals surface area contributed by atoms with Crippen molar-refractivity contribution in [3.8, 4) is 0 Å². The minimum Gasteiger partial charge on any atom is -0.388 e. The van der Waals surface area contributed by atoms with E-state index >= 15 is 0 Å². The molecule has 2 nitrogen and oxygen atoms in total. The zero-order chi connectivity index (χ0) is 14.4. The second kappa shape index (κ2) is 7.17. The second-order valence-electron chi connectivity index (χ2n) is 4.80. The molecular weight excluding hydrogens is 255 g/mol. The van der Waals surface area contributed by atoms with Crippen molar-refractivity contribution in [1.82, 2.24) is 0 Å². The topological polar surface area (TPSA) is 29.5 Å². The maximum atomic E-state index is 13.5. The first-order valence-corrected chi connectivity index (χ1v) is 6.70. The number of ether oxygens (including phenoxy) is 1. The highest BCUT2D eigenvalue weighted by Crippen LogP contribution is 2.20. The van der Waals surface area contributed by atoms with Gasteiger partial charge in [-0.25, -0.2) is 4.39 Å². The Balaban J connectivity index is 2.02. The number of methoxy groups -OCH3 is 1. The van der Waals surface area contributed by atoms with Gasteiger partial charge in [0.25, 0.3) is 0 Å². The summed E-state index contributed by atoms with van der Waals surface area (Å²) in [5, 5.41) is 10.2. The molecule has 3 heteroatoms. The van der Waals surface area contributed by atoms with Gasteiger partial charge in [-0.05, 0) is 29.2 Å². The van der Waals surface area contributed by atoms with Gasteiger partial charge < -0.3 is 9.84 Å². The van der Waals surface area contributed by atoms with Crippen LogP contribution in [-0.2, 0) is 17.6 Å². The van der Waals surface area contributed by atoms with Gasteiger partial charge in [0.1, 0.15) is 5.82 Å². The van der Waals surface area contributed by atoms with Crippen LogP contribution < -0.4 is 0 Å². The van der Waals surface area contributed by atoms with E-state index in [2.05, 4.69) is 0 Å². The average Bonchev–Trinajstić information content (AvgIpc) is 2.48. The summed E-state index contributed by atoms with van der Waals surface area (Å²) in [6.45, 7) is 0.678. The fourth-order valence-electron chi connectivity index (χ4n) is 2.12. The number of aliphatic hydroxyl groups excluding tert-OH is 1. The molecule has 2 rings (SSSR count). The molecule has 0 aliphatic heterocycles. The van der Waals surface area contributed by atoms with Crippen LogP contribution in [0.25, 0.3) is 0 Å². The zero-order valence-corrected chi connectivity index (χ0v) is 11.6. The van der Waals surface area contributed by atoms with Gasteiger partial charge >= 0.3 is 0 Å². The predicted octanol–water partition coefficient (Wildman–Crippen LogP) is 3.29. The van der Waals surface area contributed by atoms with Gasteiger partial charge in [0.05, 0.1) is 12.7 Å². The number of benzene rings is 2. The van der Waals surface area contributed by atoms with E-state index < -0.39 is 6.10 Å². The van der Waals surface area contributed by atoms with Gasteiger partial charge in [-0.2, -0.15) is 0 Å². The van der Waals surface area contributed by atoms with Crippen molar-refractivity contribution >= 4 is 0 Å². The van der Waals surface area contributed by atoms with Crippen molar-refractivity contribution < 1.29 is 14.2 Å². The quantitative estimate of drug-likeness (QED) is 0.876. The van der Waals surface area contributed by atoms with Gasteiger partial charge in [0.2, 0.25) is 0 Å². The largest absolute Gasteiger partial charge is 0.388 e. The van der Waals surface area contributed by atoms with Crippen LogP contribution in [0.3, 0.4) is 0 Å². The maximum absolute atomic E-state index is 13.5. The first-order valence-electron chi connectivity index (χ1n) is 6.70. The highest BCUT2D eigenvalue weighted by atomic mass is 19.1. The van der Waals surface area contributed by atoms with Crippen molar-refractivity contribution in [2.75, 3.05) is 13.7 Å². The maximum Gasteiger partial charge on any atom is 0.126 e. The SMILES string of the molecule is COCCc1ccc(C(O)Cc2ccccc2F)cc1. The van der Waals surface area contributed by atoms with E-state index in [9.17, 15) is 9.50 Å². The summed E-state index contributed by atoms with van der Waals surface area (Å²) in [7, 11) is 1.67. The minimum atomic E-state index is -0.691. The van der Waals surface area contributed by atoms with Crippen LogP contribution in [0.1, 0.15) is 22.8 Å². The van der Waals surface area contributed by atoms with Crippen LogP contribution in [0.15, 0.2) is 48.5 Å². The molecule has 0 heterocycles. The molecule has 0 aliphatic carbocycles. The van der Waals surface area contributed by atoms with Gasteiger partial charge in [-0.15, -0.1) is 0 Å². The lowest BCUT2D eigenvalue weighted by molar-refractivity contribution is 0.177. The third-order valence-corrected chi connectivity index (χ3v) is 3.33. The molecule has 2 aromatic carbocycles. The van der Waals surface area contributed by atoms with Gasteiger partial charge in [0, 0.05) is 13.5 Å². The van der Waals surface area contributed by atoms with Crippen LogP contribution in [0.2, 0.25) is 0 Å². The van der Waals surface area contributed by atoms with Crippen molar-refractivity contribution in [1.29, 1.82) is 0 Å². The lowest BCUT2D eigenvalue weighted by atomic mass is 9.99. The molecule has 0 aromatic heterocycles. The molecule has 1 N–H and O–H groups in total. The molecule has 2 aromatic rings. The number of hydrogen-bond acceptors (Lipinski definition) is 2. The minimum absolute atomic E-state index is 0.275. The number of rotatable bonds is 6. The van der Waals surface area contributed by atoms with Gasteiger partial charge in [0.15, 0.2) is 0 Å². The van der Waals surface area contributed by atoms with Crippen LogP contribution in [-0.4, -0.2) is 18.8 Å². The lowest BCUT2D eigenvalue weighted by Crippen LogP contribution is -2.04. The van der Waals surface area contributed by atoms with Crippen LogP contribution >= 0.6 is 0 Å². The van der Waals surface area contributed by atoms with Gasteiger partial charge in [-0.1, -0.05) is 42.5 Å². The molecule has 20 heavy (non-hydrogen) atoms. The molecule has 0 amide bonds. The molecule has 0 radical (unpaired) electrons. The molecular formula is C17H19FO2. The van der Waals surface area contributed by atoms with Crippen molar-refractivity contribution in [3.63, 3.8) is 0 Å². The molecule has 1 unspecified atom stereocenters. The molecule has 0 fully saturated rings. The highest BCUT2D eigenvalue weighted by Gasteiger charge is 2.11. The summed E-state index contributed by atoms with van der Waals surface area (Å²) in [4.78, 5) is 0. The molecule has 0 bridgehead atoms. The Morgan fingerprint density at radius 1 is 1.10 bits per heavy atom. The fraction of sp³-hybridized carbons (Fsp3) is 0.294. The molecule has 106 valence electrons. The predicted molar refractivity (Wildman–Crippen MR) is 77.1 cm³/mol. The van der Waals surface area contributed by atoms with E-state index in [4.69, 9.17) is 4.74 Å². The summed E-state index contributed by atoms with van der Waals surface area (Å²) < 4.78 is 18.6. The Labute approximate surface area is 118 Å². The Hall–Kier alpha value is -1.71. The number of aliphatic hydroxyl groups is 1. The molecule has 0 spiro atoms. The van der Waals surface area contributed by atoms with Gasteiger partial charge in [-0.3, -0.25) is 0 Å². The third-order valence-electron chi connectivity index (χ3n) is 3.33. The summed E-state index contributed by atoms with van der Waals surface area (Å²) in [5.41, 5.74) is 2.49. The van der Waals surface area contributed by atoms with Crippen LogP contribution in [0.4, 0.5) is 4.39 Å². The normalized spacial score (nSPS) is 12.3. The van der Waals surface area contributed by atoms with E-state index in [0.717, 1.165) is 17.5 Å². The Morgan fingerprint density at radius 3 is 2.45 bits per heavy atom. The summed E-state index contributed by atoms with van der Waals surface area (Å²) in [5.74, 6) is -0.275. The third kappa shape index (κ3) is 3.89. The number of halogens is 1. The molecule has 0 saturated heterocycles. The lowest BCUT2D eigenvalue weighted by Gasteiger charge is -2.12. The van der Waals surface area contributed by atoms with E-state index in [1.54, 1.807) is 25.3 Å². The zero-order valence-electron chi connectivity index (χ0n) is 11.6. The van der Waals surface area contributed by atoms with Crippen LogP contribution in [0.5, 0.6) is 0 Å². The number of hydrogen-bond donors (Lipinski definition) is 1. The average molecular weight is 274 g/mol. The molecule has 0 saturated carbocycles. The summed E-state index contributed by atoms with van der Waals surface area (Å²) in [6, 6.07) is 14.3. The standard InChI is InChI=1S/C17H19FO2/c1-20-11-10-13-6-8-14(9-7-13)17(19)12-15-4-2-3-5-16(15)18/h2-9,17,19H,10-12H2,1H3. The monoisotopic (exact) mass is 274 g/mol. The van der Waals surface area contributed by atoms with Crippen LogP contribution in [0, 0.1) is 5.82 Å². The summed E-state index contributed by atoms with van der Waals surface area (Å²) >= 11 is 0. The Morgan fingerprint density at radius 2 is 1.80 bits per heavy atom. The van der Waals surface area contributed by atoms with E-state index in [1.165, 1.54) is 6.07 Å². The van der Waals surface area contributed by atoms with Crippen molar-refractivity contribution in [2.24, 2.45) is 0 Å². The fourth-order valence-corrected chi connectivity index (χ4v) is 2.12.